The molecule has 1 fully saturated rings. The number of benzene rings is 2. The maximum Gasteiger partial charge on any atom is 0.243 e. The summed E-state index contributed by atoms with van der Waals surface area (Å²) in [5, 5.41) is 0. The van der Waals surface area contributed by atoms with Gasteiger partial charge >= 0.3 is 0 Å². The molecule has 3 nitrogen and oxygen atoms in total. The molecule has 128 valence electrons. The summed E-state index contributed by atoms with van der Waals surface area (Å²) in [6, 6.07) is 16.8. The fourth-order valence-electron chi connectivity index (χ4n) is 2.81. The summed E-state index contributed by atoms with van der Waals surface area (Å²) in [5.41, 5.74) is 3.05. The molecule has 0 bridgehead atoms. The van der Waals surface area contributed by atoms with Gasteiger partial charge in [-0.1, -0.05) is 54.7 Å². The van der Waals surface area contributed by atoms with Crippen LogP contribution in [0.4, 0.5) is 0 Å². The molecular formula is C21H21NO2S. The summed E-state index contributed by atoms with van der Waals surface area (Å²) in [6.07, 6.45) is 1.86. The highest BCUT2D eigenvalue weighted by molar-refractivity contribution is 7.89. The van der Waals surface area contributed by atoms with Gasteiger partial charge in [-0.3, -0.25) is 0 Å². The van der Waals surface area contributed by atoms with Crippen molar-refractivity contribution < 1.29 is 8.42 Å². The first kappa shape index (κ1) is 17.5. The zero-order chi connectivity index (χ0) is 17.9. The van der Waals surface area contributed by atoms with Gasteiger partial charge in [-0.15, -0.1) is 0 Å². The van der Waals surface area contributed by atoms with E-state index in [-0.39, 0.29) is 5.92 Å². The minimum absolute atomic E-state index is 0.172. The van der Waals surface area contributed by atoms with Crippen LogP contribution in [0.5, 0.6) is 0 Å². The smallest absolute Gasteiger partial charge is 0.207 e. The molecular weight excluding hydrogens is 330 g/mol. The van der Waals surface area contributed by atoms with Gasteiger partial charge in [0.05, 0.1) is 4.90 Å². The number of hydrogen-bond acceptors (Lipinski definition) is 2. The molecule has 0 N–H and O–H groups in total. The van der Waals surface area contributed by atoms with E-state index in [2.05, 4.69) is 11.8 Å². The second-order valence-electron chi connectivity index (χ2n) is 6.37. The predicted molar refractivity (Wildman–Crippen MR) is 101 cm³/mol. The number of sulfonamides is 1. The summed E-state index contributed by atoms with van der Waals surface area (Å²) < 4.78 is 27.1. The first-order valence-electron chi connectivity index (χ1n) is 8.29. The number of nitrogens with zero attached hydrogens (tertiary/aromatic N) is 1. The second-order valence-corrected chi connectivity index (χ2v) is 8.30. The minimum Gasteiger partial charge on any atom is -0.207 e. The first-order valence-corrected chi connectivity index (χ1v) is 9.73. The molecule has 1 heterocycles. The first-order chi connectivity index (χ1) is 12.0. The summed E-state index contributed by atoms with van der Waals surface area (Å²) in [4.78, 5) is 0.349. The maximum atomic E-state index is 12.8. The van der Waals surface area contributed by atoms with E-state index in [1.807, 2.05) is 62.4 Å². The van der Waals surface area contributed by atoms with Crippen molar-refractivity contribution in [3.63, 3.8) is 0 Å². The third-order valence-electron chi connectivity index (χ3n) is 4.38. The molecule has 3 rings (SSSR count). The molecule has 0 aliphatic carbocycles. The van der Waals surface area contributed by atoms with Gasteiger partial charge in [0.1, 0.15) is 0 Å². The van der Waals surface area contributed by atoms with E-state index < -0.39 is 10.0 Å². The Labute approximate surface area is 150 Å². The number of allylic oxidation sites excluding steroid dienone is 1. The van der Waals surface area contributed by atoms with Crippen molar-refractivity contribution in [3.8, 4) is 11.8 Å². The van der Waals surface area contributed by atoms with Crippen molar-refractivity contribution >= 4 is 10.0 Å². The Morgan fingerprint density at radius 1 is 1.08 bits per heavy atom. The van der Waals surface area contributed by atoms with Crippen LogP contribution in [-0.4, -0.2) is 25.8 Å². The van der Waals surface area contributed by atoms with Crippen LogP contribution in [0.2, 0.25) is 0 Å². The van der Waals surface area contributed by atoms with E-state index in [1.165, 1.54) is 0 Å². The molecule has 0 amide bonds. The van der Waals surface area contributed by atoms with Crippen molar-refractivity contribution in [2.24, 2.45) is 5.92 Å². The lowest BCUT2D eigenvalue weighted by molar-refractivity contribution is 0.464. The lowest BCUT2D eigenvalue weighted by Gasteiger charge is -2.15. The van der Waals surface area contributed by atoms with Crippen molar-refractivity contribution in [3.05, 3.63) is 77.4 Å². The molecule has 0 saturated carbocycles. The molecule has 2 aromatic rings. The lowest BCUT2D eigenvalue weighted by Crippen LogP contribution is -2.28. The SMILES string of the molecule is Cc1ccc(S(=O)(=O)N2C/C(=C\C#Cc3ccccc3)C(C)C2)cc1. The third-order valence-corrected chi connectivity index (χ3v) is 6.20. The monoisotopic (exact) mass is 351 g/mol. The zero-order valence-corrected chi connectivity index (χ0v) is 15.3. The van der Waals surface area contributed by atoms with Crippen LogP contribution in [0.1, 0.15) is 18.1 Å². The predicted octanol–water partition coefficient (Wildman–Crippen LogP) is 3.61. The van der Waals surface area contributed by atoms with Gasteiger partial charge in [0.25, 0.3) is 0 Å². The molecule has 25 heavy (non-hydrogen) atoms. The highest BCUT2D eigenvalue weighted by Crippen LogP contribution is 2.27. The third kappa shape index (κ3) is 4.01. The van der Waals surface area contributed by atoms with Gasteiger partial charge < -0.3 is 0 Å². The van der Waals surface area contributed by atoms with Gasteiger partial charge in [-0.05, 0) is 48.8 Å². The molecule has 1 saturated heterocycles. The topological polar surface area (TPSA) is 37.4 Å². The van der Waals surface area contributed by atoms with Gasteiger partial charge in [0.2, 0.25) is 10.0 Å². The van der Waals surface area contributed by atoms with Gasteiger partial charge in [0, 0.05) is 18.7 Å². The molecule has 1 aliphatic heterocycles. The van der Waals surface area contributed by atoms with Crippen molar-refractivity contribution in [2.45, 2.75) is 18.7 Å². The normalized spacial score (nSPS) is 19.6. The van der Waals surface area contributed by atoms with Crippen LogP contribution in [0.15, 0.2) is 71.1 Å². The Morgan fingerprint density at radius 3 is 2.44 bits per heavy atom. The molecule has 0 aromatic heterocycles. The Morgan fingerprint density at radius 2 is 1.76 bits per heavy atom. The van der Waals surface area contributed by atoms with Crippen molar-refractivity contribution in [1.82, 2.24) is 4.31 Å². The molecule has 1 unspecified atom stereocenters. The largest absolute Gasteiger partial charge is 0.243 e. The number of rotatable bonds is 2. The van der Waals surface area contributed by atoms with Gasteiger partial charge in [-0.2, -0.15) is 4.31 Å². The Hall–Kier alpha value is -2.35. The van der Waals surface area contributed by atoms with Crippen LogP contribution in [-0.2, 0) is 10.0 Å². The quantitative estimate of drug-likeness (QED) is 0.775. The van der Waals surface area contributed by atoms with E-state index in [4.69, 9.17) is 0 Å². The van der Waals surface area contributed by atoms with E-state index in [0.29, 0.717) is 18.0 Å². The lowest BCUT2D eigenvalue weighted by atomic mass is 10.1. The Kier molecular flexibility index (Phi) is 5.08. The number of hydrogen-bond donors (Lipinski definition) is 0. The zero-order valence-electron chi connectivity index (χ0n) is 14.4. The Balaban J connectivity index is 1.78. The van der Waals surface area contributed by atoms with Gasteiger partial charge in [-0.25, -0.2) is 8.42 Å². The molecule has 2 aromatic carbocycles. The molecule has 0 spiro atoms. The van der Waals surface area contributed by atoms with Gasteiger partial charge in [0.15, 0.2) is 0 Å². The molecule has 0 radical (unpaired) electrons. The summed E-state index contributed by atoms with van der Waals surface area (Å²) in [7, 11) is -3.45. The highest BCUT2D eigenvalue weighted by atomic mass is 32.2. The van der Waals surface area contributed by atoms with Crippen molar-refractivity contribution in [2.75, 3.05) is 13.1 Å². The van der Waals surface area contributed by atoms with E-state index in [9.17, 15) is 8.42 Å². The van der Waals surface area contributed by atoms with Crippen LogP contribution < -0.4 is 0 Å². The standard InChI is InChI=1S/C21H21NO2S/c1-17-11-13-21(14-12-17)25(23,24)22-15-18(2)20(16-22)10-6-9-19-7-4-3-5-8-19/h3-5,7-8,10-14,18H,15-16H2,1-2H3/b20-10+. The highest BCUT2D eigenvalue weighted by Gasteiger charge is 2.33. The maximum absolute atomic E-state index is 12.8. The van der Waals surface area contributed by atoms with E-state index in [0.717, 1.165) is 16.7 Å². The van der Waals surface area contributed by atoms with Crippen molar-refractivity contribution in [1.29, 1.82) is 0 Å². The molecule has 1 atom stereocenters. The summed E-state index contributed by atoms with van der Waals surface area (Å²) in [5.74, 6) is 6.32. The average molecular weight is 351 g/mol. The molecule has 1 aliphatic rings. The number of aryl methyl sites for hydroxylation is 1. The van der Waals surface area contributed by atoms with E-state index >= 15 is 0 Å². The fraction of sp³-hybridized carbons (Fsp3) is 0.238. The summed E-state index contributed by atoms with van der Waals surface area (Å²) >= 11 is 0. The Bertz CT molecular complexity index is 933. The molecule has 4 heteroatoms. The fourth-order valence-corrected chi connectivity index (χ4v) is 4.33. The minimum atomic E-state index is -3.45. The van der Waals surface area contributed by atoms with Crippen LogP contribution in [0, 0.1) is 24.7 Å². The van der Waals surface area contributed by atoms with E-state index in [1.54, 1.807) is 16.4 Å². The van der Waals surface area contributed by atoms with Crippen LogP contribution in [0.3, 0.4) is 0 Å². The second kappa shape index (κ2) is 7.26. The van der Waals surface area contributed by atoms with Crippen LogP contribution >= 0.6 is 0 Å². The average Bonchev–Trinajstić information content (AvgIpc) is 2.98. The van der Waals surface area contributed by atoms with Crippen LogP contribution in [0.25, 0.3) is 0 Å². The summed E-state index contributed by atoms with van der Waals surface area (Å²) in [6.45, 7) is 4.89.